The molecular weight excluding hydrogens is 426 g/mol. The van der Waals surface area contributed by atoms with Gasteiger partial charge in [-0.1, -0.05) is 0 Å². The van der Waals surface area contributed by atoms with E-state index in [0.29, 0.717) is 44.1 Å². The van der Waals surface area contributed by atoms with Crippen LogP contribution in [-0.4, -0.2) is 39.7 Å². The van der Waals surface area contributed by atoms with Gasteiger partial charge in [0.15, 0.2) is 18.2 Å². The summed E-state index contributed by atoms with van der Waals surface area (Å²) in [5.74, 6) is -3.59. The van der Waals surface area contributed by atoms with Gasteiger partial charge in [-0.25, -0.2) is 18.2 Å². The van der Waals surface area contributed by atoms with Crippen LogP contribution in [0, 0.1) is 17.5 Å². The predicted octanol–water partition coefficient (Wildman–Crippen LogP) is 3.81. The third-order valence-corrected chi connectivity index (χ3v) is 5.85. The van der Waals surface area contributed by atoms with Crippen molar-refractivity contribution >= 4 is 0 Å². The van der Waals surface area contributed by atoms with Crippen LogP contribution in [0.4, 0.5) is 26.3 Å². The lowest BCUT2D eigenvalue weighted by Crippen LogP contribution is -2.44. The lowest BCUT2D eigenvalue weighted by atomic mass is 9.77. The number of benzene rings is 1. The Labute approximate surface area is 174 Å². The van der Waals surface area contributed by atoms with E-state index in [4.69, 9.17) is 5.73 Å². The van der Waals surface area contributed by atoms with E-state index in [1.54, 1.807) is 0 Å². The van der Waals surface area contributed by atoms with Crippen molar-refractivity contribution in [2.24, 2.45) is 5.73 Å². The fraction of sp³-hybridized carbons (Fsp3) is 0.500. The summed E-state index contributed by atoms with van der Waals surface area (Å²) in [7, 11) is 0. The van der Waals surface area contributed by atoms with Gasteiger partial charge < -0.3 is 10.5 Å². The first-order valence-corrected chi connectivity index (χ1v) is 9.79. The standard InChI is InChI=1S/C20H20F6N4O/c21-14-5-16(23)15(22)4-13(14)12-2-1-11(3-17(12)27)30-7-10-6-28-19(29-18(10)8-30)31-9-20(24,25)26/h4-6,11-12,17H,1-3,7-9,27H2/t11?,12-,17+/m1/s1. The van der Waals surface area contributed by atoms with Gasteiger partial charge in [-0.2, -0.15) is 18.2 Å². The molecule has 1 unspecified atom stereocenters. The van der Waals surface area contributed by atoms with Gasteiger partial charge in [0.25, 0.3) is 0 Å². The molecule has 2 aromatic rings. The minimum absolute atomic E-state index is 0.0355. The quantitative estimate of drug-likeness (QED) is 0.572. The minimum atomic E-state index is -4.48. The fourth-order valence-corrected chi connectivity index (χ4v) is 4.36. The molecule has 1 aromatic heterocycles. The average Bonchev–Trinajstić information content (AvgIpc) is 3.12. The van der Waals surface area contributed by atoms with Crippen molar-refractivity contribution in [1.82, 2.24) is 14.9 Å². The number of nitrogens with zero attached hydrogens (tertiary/aromatic N) is 3. The van der Waals surface area contributed by atoms with E-state index in [0.717, 1.165) is 11.6 Å². The molecule has 1 aliphatic heterocycles. The van der Waals surface area contributed by atoms with Gasteiger partial charge >= 0.3 is 12.2 Å². The monoisotopic (exact) mass is 446 g/mol. The van der Waals surface area contributed by atoms with Crippen LogP contribution in [0.15, 0.2) is 18.3 Å². The van der Waals surface area contributed by atoms with Gasteiger partial charge in [-0.3, -0.25) is 4.90 Å². The van der Waals surface area contributed by atoms with Crippen LogP contribution in [0.25, 0.3) is 0 Å². The summed E-state index contributed by atoms with van der Waals surface area (Å²) in [5.41, 5.74) is 7.73. The van der Waals surface area contributed by atoms with Crippen LogP contribution < -0.4 is 10.5 Å². The molecule has 1 aliphatic carbocycles. The number of hydrogen-bond donors (Lipinski definition) is 1. The summed E-state index contributed by atoms with van der Waals surface area (Å²) >= 11 is 0. The van der Waals surface area contributed by atoms with Gasteiger partial charge in [0, 0.05) is 48.9 Å². The van der Waals surface area contributed by atoms with Crippen LogP contribution in [0.3, 0.4) is 0 Å². The molecule has 1 saturated carbocycles. The number of aromatic nitrogens is 2. The lowest BCUT2D eigenvalue weighted by Gasteiger charge is -2.38. The highest BCUT2D eigenvalue weighted by molar-refractivity contribution is 5.27. The molecule has 2 aliphatic rings. The lowest BCUT2D eigenvalue weighted by molar-refractivity contribution is -0.154. The second kappa shape index (κ2) is 8.27. The Balaban J connectivity index is 1.40. The molecular formula is C20H20F6N4O. The maximum absolute atomic E-state index is 14.2. The first-order valence-electron chi connectivity index (χ1n) is 9.79. The molecule has 1 fully saturated rings. The normalized spacial score (nSPS) is 24.3. The van der Waals surface area contributed by atoms with Crippen LogP contribution in [0.5, 0.6) is 6.01 Å². The van der Waals surface area contributed by atoms with Crippen LogP contribution in [0.2, 0.25) is 0 Å². The second-order valence-electron chi connectivity index (χ2n) is 7.96. The van der Waals surface area contributed by atoms with Gasteiger partial charge in [-0.05, 0) is 30.9 Å². The SMILES string of the molecule is N[C@H]1CC(N2Cc3cnc(OCC(F)(F)F)nc3C2)CC[C@@H]1c1cc(F)c(F)cc1F. The zero-order valence-corrected chi connectivity index (χ0v) is 16.3. The fourth-order valence-electron chi connectivity index (χ4n) is 4.36. The van der Waals surface area contributed by atoms with Crippen molar-refractivity contribution in [2.45, 2.75) is 56.5 Å². The van der Waals surface area contributed by atoms with E-state index in [9.17, 15) is 26.3 Å². The summed E-state index contributed by atoms with van der Waals surface area (Å²) < 4.78 is 82.5. The first kappa shape index (κ1) is 21.8. The zero-order chi connectivity index (χ0) is 22.3. The molecule has 3 atom stereocenters. The molecule has 0 bridgehead atoms. The summed E-state index contributed by atoms with van der Waals surface area (Å²) in [5, 5.41) is 0. The number of ether oxygens (including phenoxy) is 1. The number of fused-ring (bicyclic) bond motifs is 1. The number of nitrogens with two attached hydrogens (primary N) is 1. The molecule has 0 radical (unpaired) electrons. The molecule has 0 saturated heterocycles. The highest BCUT2D eigenvalue weighted by Gasteiger charge is 2.36. The first-order chi connectivity index (χ1) is 14.6. The molecule has 1 aromatic carbocycles. The number of rotatable bonds is 4. The van der Waals surface area contributed by atoms with Gasteiger partial charge in [0.2, 0.25) is 0 Å². The van der Waals surface area contributed by atoms with Crippen LogP contribution in [0.1, 0.15) is 42.0 Å². The number of hydrogen-bond acceptors (Lipinski definition) is 5. The zero-order valence-electron chi connectivity index (χ0n) is 16.3. The molecule has 31 heavy (non-hydrogen) atoms. The summed E-state index contributed by atoms with van der Waals surface area (Å²) in [6.07, 6.45) is -1.38. The highest BCUT2D eigenvalue weighted by atomic mass is 19.4. The Kier molecular flexibility index (Phi) is 5.82. The van der Waals surface area contributed by atoms with Crippen molar-refractivity contribution in [1.29, 1.82) is 0 Å². The molecule has 11 heteroatoms. The van der Waals surface area contributed by atoms with Gasteiger partial charge in [-0.15, -0.1) is 0 Å². The van der Waals surface area contributed by atoms with E-state index < -0.39 is 42.2 Å². The third kappa shape index (κ3) is 4.77. The van der Waals surface area contributed by atoms with Crippen molar-refractivity contribution in [2.75, 3.05) is 6.61 Å². The van der Waals surface area contributed by atoms with E-state index in [2.05, 4.69) is 19.6 Å². The average molecular weight is 446 g/mol. The molecule has 168 valence electrons. The molecule has 5 nitrogen and oxygen atoms in total. The maximum Gasteiger partial charge on any atom is 0.422 e. The molecule has 2 heterocycles. The van der Waals surface area contributed by atoms with Gasteiger partial charge in [0.05, 0.1) is 5.69 Å². The van der Waals surface area contributed by atoms with Crippen molar-refractivity contribution in [3.8, 4) is 6.01 Å². The maximum atomic E-state index is 14.2. The Morgan fingerprint density at radius 3 is 2.52 bits per heavy atom. The molecule has 2 N–H and O–H groups in total. The largest absolute Gasteiger partial charge is 0.454 e. The summed E-state index contributed by atoms with van der Waals surface area (Å²) in [6, 6.07) is 0.663. The Morgan fingerprint density at radius 1 is 1.06 bits per heavy atom. The van der Waals surface area contributed by atoms with Gasteiger partial charge in [0.1, 0.15) is 5.82 Å². The van der Waals surface area contributed by atoms with E-state index >= 15 is 0 Å². The van der Waals surface area contributed by atoms with E-state index in [1.807, 2.05) is 0 Å². The number of alkyl halides is 3. The second-order valence-corrected chi connectivity index (χ2v) is 7.96. The van der Waals surface area contributed by atoms with Crippen LogP contribution >= 0.6 is 0 Å². The topological polar surface area (TPSA) is 64.3 Å². The molecule has 0 spiro atoms. The van der Waals surface area contributed by atoms with Crippen molar-refractivity contribution in [3.63, 3.8) is 0 Å². The van der Waals surface area contributed by atoms with E-state index in [1.165, 1.54) is 6.20 Å². The third-order valence-electron chi connectivity index (χ3n) is 5.85. The smallest absolute Gasteiger partial charge is 0.422 e. The summed E-state index contributed by atoms with van der Waals surface area (Å²) in [6.45, 7) is -0.548. The Bertz CT molecular complexity index is 969. The van der Waals surface area contributed by atoms with Crippen molar-refractivity contribution in [3.05, 3.63) is 52.6 Å². The predicted molar refractivity (Wildman–Crippen MR) is 97.5 cm³/mol. The van der Waals surface area contributed by atoms with Crippen molar-refractivity contribution < 1.29 is 31.1 Å². The molecule has 4 rings (SSSR count). The van der Waals surface area contributed by atoms with E-state index in [-0.39, 0.29) is 17.6 Å². The Morgan fingerprint density at radius 2 is 1.81 bits per heavy atom. The highest BCUT2D eigenvalue weighted by Crippen LogP contribution is 2.38. The molecule has 0 amide bonds. The minimum Gasteiger partial charge on any atom is -0.454 e. The summed E-state index contributed by atoms with van der Waals surface area (Å²) in [4.78, 5) is 10.00. The number of halogens is 6. The van der Waals surface area contributed by atoms with Crippen LogP contribution in [-0.2, 0) is 13.1 Å². The Hall–Kier alpha value is -2.40.